The molecular formula is C21H38O3. The second kappa shape index (κ2) is 18.3. The number of aliphatic hydroxyl groups is 1. The molecule has 0 saturated heterocycles. The molecule has 3 nitrogen and oxygen atoms in total. The lowest BCUT2D eigenvalue weighted by molar-refractivity contribution is -0.146. The first-order chi connectivity index (χ1) is 11.7. The first-order valence-corrected chi connectivity index (χ1v) is 9.82. The molecule has 0 rings (SSSR count). The summed E-state index contributed by atoms with van der Waals surface area (Å²) in [6, 6.07) is 0. The van der Waals surface area contributed by atoms with Crippen molar-refractivity contribution in [3.05, 3.63) is 24.3 Å². The molecule has 0 spiro atoms. The van der Waals surface area contributed by atoms with Gasteiger partial charge in [-0.25, -0.2) is 0 Å². The number of carbonyl (C=O) groups excluding carboxylic acids is 1. The van der Waals surface area contributed by atoms with Crippen LogP contribution in [0.1, 0.15) is 90.9 Å². The molecule has 140 valence electrons. The van der Waals surface area contributed by atoms with E-state index in [1.165, 1.54) is 51.4 Å². The highest BCUT2D eigenvalue weighted by molar-refractivity contribution is 5.69. The predicted octanol–water partition coefficient (Wildman–Crippen LogP) is 5.72. The monoisotopic (exact) mass is 338 g/mol. The summed E-state index contributed by atoms with van der Waals surface area (Å²) >= 11 is 0. The number of carbonyl (C=O) groups is 1. The van der Waals surface area contributed by atoms with Crippen molar-refractivity contribution in [3.8, 4) is 0 Å². The maximum Gasteiger partial charge on any atom is 0.305 e. The Hall–Kier alpha value is -1.09. The Labute approximate surface area is 149 Å². The van der Waals surface area contributed by atoms with Crippen molar-refractivity contribution in [2.75, 3.05) is 6.61 Å². The number of unbranched alkanes of at least 4 members (excludes halogenated alkanes) is 9. The number of aliphatic hydroxyl groups excluding tert-OH is 1. The highest BCUT2D eigenvalue weighted by Gasteiger charge is 2.04. The highest BCUT2D eigenvalue weighted by atomic mass is 16.5. The van der Waals surface area contributed by atoms with Gasteiger partial charge in [-0.3, -0.25) is 4.79 Å². The van der Waals surface area contributed by atoms with Crippen molar-refractivity contribution in [1.29, 1.82) is 0 Å². The molecule has 1 N–H and O–H groups in total. The normalized spacial score (nSPS) is 13.0. The van der Waals surface area contributed by atoms with Crippen LogP contribution in [-0.2, 0) is 9.53 Å². The van der Waals surface area contributed by atoms with E-state index in [1.54, 1.807) is 6.92 Å². The van der Waals surface area contributed by atoms with Crippen molar-refractivity contribution in [2.45, 2.75) is 97.0 Å². The van der Waals surface area contributed by atoms with Crippen LogP contribution >= 0.6 is 0 Å². The lowest BCUT2D eigenvalue weighted by atomic mass is 10.1. The van der Waals surface area contributed by atoms with Crippen molar-refractivity contribution >= 4 is 5.97 Å². The van der Waals surface area contributed by atoms with Crippen LogP contribution in [0.3, 0.4) is 0 Å². The zero-order valence-corrected chi connectivity index (χ0v) is 15.8. The van der Waals surface area contributed by atoms with E-state index in [0.29, 0.717) is 6.42 Å². The summed E-state index contributed by atoms with van der Waals surface area (Å²) in [7, 11) is 0. The fraction of sp³-hybridized carbons (Fsp3) is 0.762. The summed E-state index contributed by atoms with van der Waals surface area (Å²) < 4.78 is 4.92. The molecular weight excluding hydrogens is 300 g/mol. The molecule has 0 aliphatic carbocycles. The van der Waals surface area contributed by atoms with Gasteiger partial charge in [0, 0.05) is 6.42 Å². The van der Waals surface area contributed by atoms with Crippen molar-refractivity contribution < 1.29 is 14.6 Å². The van der Waals surface area contributed by atoms with Crippen LogP contribution in [0.2, 0.25) is 0 Å². The van der Waals surface area contributed by atoms with Crippen LogP contribution in [0.5, 0.6) is 0 Å². The molecule has 24 heavy (non-hydrogen) atoms. The van der Waals surface area contributed by atoms with E-state index in [1.807, 2.05) is 0 Å². The molecule has 1 unspecified atom stereocenters. The smallest absolute Gasteiger partial charge is 0.305 e. The summed E-state index contributed by atoms with van der Waals surface area (Å²) in [5.74, 6) is -0.194. The molecule has 0 heterocycles. The first kappa shape index (κ1) is 22.9. The van der Waals surface area contributed by atoms with Gasteiger partial charge in [0.1, 0.15) is 6.61 Å². The van der Waals surface area contributed by atoms with Gasteiger partial charge in [0.15, 0.2) is 0 Å². The third-order valence-electron chi connectivity index (χ3n) is 3.84. The minimum atomic E-state index is -0.571. The van der Waals surface area contributed by atoms with Gasteiger partial charge in [0.25, 0.3) is 0 Å². The van der Waals surface area contributed by atoms with E-state index < -0.39 is 6.10 Å². The van der Waals surface area contributed by atoms with E-state index >= 15 is 0 Å². The van der Waals surface area contributed by atoms with Gasteiger partial charge < -0.3 is 9.84 Å². The predicted molar refractivity (Wildman–Crippen MR) is 102 cm³/mol. The van der Waals surface area contributed by atoms with E-state index in [2.05, 4.69) is 31.2 Å². The molecule has 3 heteroatoms. The van der Waals surface area contributed by atoms with E-state index in [-0.39, 0.29) is 12.6 Å². The number of esters is 1. The molecule has 0 radical (unpaired) electrons. The minimum Gasteiger partial charge on any atom is -0.463 e. The van der Waals surface area contributed by atoms with Gasteiger partial charge in [-0.1, -0.05) is 69.8 Å². The Kier molecular flexibility index (Phi) is 17.4. The van der Waals surface area contributed by atoms with Gasteiger partial charge in [-0.2, -0.15) is 0 Å². The van der Waals surface area contributed by atoms with E-state index in [4.69, 9.17) is 9.84 Å². The average Bonchev–Trinajstić information content (AvgIpc) is 2.56. The quantitative estimate of drug-likeness (QED) is 0.222. The lowest BCUT2D eigenvalue weighted by Crippen LogP contribution is -2.14. The Morgan fingerprint density at radius 1 is 0.917 bits per heavy atom. The van der Waals surface area contributed by atoms with Crippen LogP contribution in [0.25, 0.3) is 0 Å². The maximum absolute atomic E-state index is 11.3. The van der Waals surface area contributed by atoms with Crippen LogP contribution in [0, 0.1) is 0 Å². The summed E-state index contributed by atoms with van der Waals surface area (Å²) in [6.45, 7) is 3.97. The Balaban J connectivity index is 3.28. The fourth-order valence-electron chi connectivity index (χ4n) is 2.39. The summed E-state index contributed by atoms with van der Waals surface area (Å²) in [5.41, 5.74) is 0. The Bertz CT molecular complexity index is 332. The lowest BCUT2D eigenvalue weighted by Gasteiger charge is -2.06. The first-order valence-electron chi connectivity index (χ1n) is 9.82. The fourth-order valence-corrected chi connectivity index (χ4v) is 2.39. The van der Waals surface area contributed by atoms with Crippen LogP contribution in [-0.4, -0.2) is 23.8 Å². The van der Waals surface area contributed by atoms with Gasteiger partial charge in [-0.05, 0) is 39.0 Å². The summed E-state index contributed by atoms with van der Waals surface area (Å²) in [5, 5.41) is 9.02. The topological polar surface area (TPSA) is 46.5 Å². The van der Waals surface area contributed by atoms with Crippen LogP contribution in [0.4, 0.5) is 0 Å². The highest BCUT2D eigenvalue weighted by Crippen LogP contribution is 2.08. The molecule has 1 atom stereocenters. The third kappa shape index (κ3) is 19.0. The van der Waals surface area contributed by atoms with Crippen molar-refractivity contribution in [2.24, 2.45) is 0 Å². The van der Waals surface area contributed by atoms with Crippen molar-refractivity contribution in [3.63, 3.8) is 0 Å². The average molecular weight is 339 g/mol. The summed E-state index contributed by atoms with van der Waals surface area (Å²) in [6.07, 6.45) is 22.0. The second-order valence-corrected chi connectivity index (χ2v) is 6.54. The van der Waals surface area contributed by atoms with E-state index in [9.17, 15) is 4.79 Å². The van der Waals surface area contributed by atoms with Gasteiger partial charge >= 0.3 is 5.97 Å². The largest absolute Gasteiger partial charge is 0.463 e. The Morgan fingerprint density at radius 3 is 2.04 bits per heavy atom. The minimum absolute atomic E-state index is 0.109. The van der Waals surface area contributed by atoms with Crippen LogP contribution < -0.4 is 0 Å². The molecule has 0 fully saturated rings. The summed E-state index contributed by atoms with van der Waals surface area (Å²) in [4.78, 5) is 11.3. The zero-order chi connectivity index (χ0) is 17.9. The number of hydrogen-bond acceptors (Lipinski definition) is 3. The number of hydrogen-bond donors (Lipinski definition) is 1. The molecule has 0 saturated carbocycles. The van der Waals surface area contributed by atoms with E-state index in [0.717, 1.165) is 19.3 Å². The number of rotatable bonds is 16. The molecule has 0 amide bonds. The molecule has 0 aliphatic heterocycles. The Morgan fingerprint density at radius 2 is 1.46 bits per heavy atom. The van der Waals surface area contributed by atoms with Gasteiger partial charge in [-0.15, -0.1) is 0 Å². The third-order valence-corrected chi connectivity index (χ3v) is 3.84. The molecule has 0 aromatic rings. The second-order valence-electron chi connectivity index (χ2n) is 6.54. The molecule has 0 aliphatic rings. The number of allylic oxidation sites excluding steroid dienone is 4. The molecule has 0 aromatic carbocycles. The molecule has 0 aromatic heterocycles. The number of ether oxygens (including phenoxy) is 1. The van der Waals surface area contributed by atoms with Crippen LogP contribution in [0.15, 0.2) is 24.3 Å². The standard InChI is InChI=1S/C21H38O3/c1-3-4-5-6-7-8-9-10-11-12-13-14-15-16-17-18-21(23)24-19-20(2)22/h8-11,20,22H,3-7,12-19H2,1-2H3/b9-8+,11-10-. The van der Waals surface area contributed by atoms with Gasteiger partial charge in [0.05, 0.1) is 6.10 Å². The van der Waals surface area contributed by atoms with Gasteiger partial charge in [0.2, 0.25) is 0 Å². The maximum atomic E-state index is 11.3. The molecule has 0 bridgehead atoms. The van der Waals surface area contributed by atoms with Crippen molar-refractivity contribution in [1.82, 2.24) is 0 Å². The SMILES string of the molecule is CCCCCC/C=C/C=C\CCCCCCCC(=O)OCC(C)O. The zero-order valence-electron chi connectivity index (χ0n) is 15.8.